The Labute approximate surface area is 84.2 Å². The van der Waals surface area contributed by atoms with Gasteiger partial charge in [-0.1, -0.05) is 18.2 Å². The summed E-state index contributed by atoms with van der Waals surface area (Å²) in [5.74, 6) is 1.01. The number of pyridine rings is 1. The summed E-state index contributed by atoms with van der Waals surface area (Å²) < 4.78 is 0. The minimum absolute atomic E-state index is 1.01. The molecule has 0 fully saturated rings. The van der Waals surface area contributed by atoms with E-state index in [0.717, 1.165) is 11.3 Å². The van der Waals surface area contributed by atoms with Gasteiger partial charge in [-0.2, -0.15) is 0 Å². The molecule has 0 saturated heterocycles. The molecule has 14 heavy (non-hydrogen) atoms. The molecule has 1 heterocycles. The molecule has 2 aromatic rings. The number of anilines is 1. The van der Waals surface area contributed by atoms with Crippen molar-refractivity contribution in [3.05, 3.63) is 35.9 Å². The van der Waals surface area contributed by atoms with Crippen LogP contribution in [0.3, 0.4) is 0 Å². The first-order valence-corrected chi connectivity index (χ1v) is 4.72. The lowest BCUT2D eigenvalue weighted by molar-refractivity contribution is 1.08. The van der Waals surface area contributed by atoms with Gasteiger partial charge in [-0.3, -0.25) is 0 Å². The predicted molar refractivity (Wildman–Crippen MR) is 60.8 cm³/mol. The van der Waals surface area contributed by atoms with Gasteiger partial charge < -0.3 is 4.90 Å². The zero-order chi connectivity index (χ0) is 10.1. The number of hydrogen-bond donors (Lipinski definition) is 0. The van der Waals surface area contributed by atoms with E-state index in [1.807, 2.05) is 25.1 Å². The first-order chi connectivity index (χ1) is 6.68. The van der Waals surface area contributed by atoms with Crippen LogP contribution >= 0.6 is 0 Å². The summed E-state index contributed by atoms with van der Waals surface area (Å²) >= 11 is 0. The average molecular weight is 186 g/mol. The standard InChI is InChI=1S/C12H14N2/c1-9-5-4-6-10-7-8-11(14(2)3)13-12(9)10/h4-8H,1-3H3. The zero-order valence-corrected chi connectivity index (χ0v) is 8.78. The van der Waals surface area contributed by atoms with Gasteiger partial charge in [0.1, 0.15) is 5.82 Å². The maximum Gasteiger partial charge on any atom is 0.128 e. The molecule has 0 bridgehead atoms. The summed E-state index contributed by atoms with van der Waals surface area (Å²) in [7, 11) is 4.01. The van der Waals surface area contributed by atoms with E-state index in [9.17, 15) is 0 Å². The fraction of sp³-hybridized carbons (Fsp3) is 0.250. The van der Waals surface area contributed by atoms with E-state index in [1.165, 1.54) is 10.9 Å². The number of aromatic nitrogens is 1. The van der Waals surface area contributed by atoms with E-state index in [1.54, 1.807) is 0 Å². The highest BCUT2D eigenvalue weighted by Gasteiger charge is 2.01. The van der Waals surface area contributed by atoms with Crippen molar-refractivity contribution in [3.8, 4) is 0 Å². The van der Waals surface area contributed by atoms with Crippen molar-refractivity contribution in [2.75, 3.05) is 19.0 Å². The van der Waals surface area contributed by atoms with E-state index in [0.29, 0.717) is 0 Å². The number of aryl methyl sites for hydroxylation is 1. The average Bonchev–Trinajstić information content (AvgIpc) is 2.18. The molecule has 0 saturated carbocycles. The Hall–Kier alpha value is -1.57. The van der Waals surface area contributed by atoms with Crippen molar-refractivity contribution in [2.24, 2.45) is 0 Å². The number of para-hydroxylation sites is 1. The van der Waals surface area contributed by atoms with Crippen LogP contribution in [0, 0.1) is 6.92 Å². The van der Waals surface area contributed by atoms with Crippen LogP contribution in [0.1, 0.15) is 5.56 Å². The molecule has 2 heteroatoms. The van der Waals surface area contributed by atoms with Gasteiger partial charge in [0.2, 0.25) is 0 Å². The van der Waals surface area contributed by atoms with Crippen molar-refractivity contribution in [1.82, 2.24) is 4.98 Å². The number of benzene rings is 1. The monoisotopic (exact) mass is 186 g/mol. The molecule has 0 aliphatic carbocycles. The smallest absolute Gasteiger partial charge is 0.128 e. The third-order valence-corrected chi connectivity index (χ3v) is 2.37. The second kappa shape index (κ2) is 3.29. The lowest BCUT2D eigenvalue weighted by Crippen LogP contribution is -2.10. The van der Waals surface area contributed by atoms with Gasteiger partial charge in [0.05, 0.1) is 5.52 Å². The van der Waals surface area contributed by atoms with Crippen molar-refractivity contribution >= 4 is 16.7 Å². The number of rotatable bonds is 1. The summed E-state index contributed by atoms with van der Waals surface area (Å²) in [5.41, 5.74) is 2.32. The van der Waals surface area contributed by atoms with Crippen LogP contribution in [0.25, 0.3) is 10.9 Å². The van der Waals surface area contributed by atoms with Crippen LogP contribution < -0.4 is 4.90 Å². The van der Waals surface area contributed by atoms with Crippen LogP contribution in [-0.2, 0) is 0 Å². The Kier molecular flexibility index (Phi) is 2.12. The fourth-order valence-corrected chi connectivity index (χ4v) is 1.53. The third-order valence-electron chi connectivity index (χ3n) is 2.37. The molecule has 0 N–H and O–H groups in total. The summed E-state index contributed by atoms with van der Waals surface area (Å²) in [6.45, 7) is 2.09. The number of hydrogen-bond acceptors (Lipinski definition) is 2. The second-order valence-electron chi connectivity index (χ2n) is 3.71. The van der Waals surface area contributed by atoms with Crippen LogP contribution in [0.5, 0.6) is 0 Å². The number of nitrogens with zero attached hydrogens (tertiary/aromatic N) is 2. The molecule has 1 aromatic heterocycles. The topological polar surface area (TPSA) is 16.1 Å². The van der Waals surface area contributed by atoms with Crippen LogP contribution in [0.2, 0.25) is 0 Å². The van der Waals surface area contributed by atoms with E-state index >= 15 is 0 Å². The van der Waals surface area contributed by atoms with Gasteiger partial charge in [0, 0.05) is 19.5 Å². The Morgan fingerprint density at radius 2 is 1.86 bits per heavy atom. The minimum Gasteiger partial charge on any atom is -0.363 e. The Bertz CT molecular complexity index is 461. The number of fused-ring (bicyclic) bond motifs is 1. The molecule has 0 aliphatic rings. The van der Waals surface area contributed by atoms with Crippen LogP contribution in [0.4, 0.5) is 5.82 Å². The largest absolute Gasteiger partial charge is 0.363 e. The molecule has 0 aliphatic heterocycles. The highest BCUT2D eigenvalue weighted by atomic mass is 15.1. The maximum absolute atomic E-state index is 4.60. The molecule has 0 spiro atoms. The first-order valence-electron chi connectivity index (χ1n) is 4.72. The molecule has 0 radical (unpaired) electrons. The molecule has 0 amide bonds. The Morgan fingerprint density at radius 3 is 2.57 bits per heavy atom. The summed E-state index contributed by atoms with van der Waals surface area (Å²) in [6.07, 6.45) is 0. The zero-order valence-electron chi connectivity index (χ0n) is 8.78. The third kappa shape index (κ3) is 1.43. The lowest BCUT2D eigenvalue weighted by Gasteiger charge is -2.12. The predicted octanol–water partition coefficient (Wildman–Crippen LogP) is 2.61. The van der Waals surface area contributed by atoms with Crippen LogP contribution in [0.15, 0.2) is 30.3 Å². The van der Waals surface area contributed by atoms with Crippen molar-refractivity contribution in [1.29, 1.82) is 0 Å². The van der Waals surface area contributed by atoms with Gasteiger partial charge in [-0.15, -0.1) is 0 Å². The highest BCUT2D eigenvalue weighted by Crippen LogP contribution is 2.19. The summed E-state index contributed by atoms with van der Waals surface area (Å²) in [4.78, 5) is 6.62. The van der Waals surface area contributed by atoms with E-state index in [-0.39, 0.29) is 0 Å². The van der Waals surface area contributed by atoms with Gasteiger partial charge >= 0.3 is 0 Å². The fourth-order valence-electron chi connectivity index (χ4n) is 1.53. The summed E-state index contributed by atoms with van der Waals surface area (Å²) in [6, 6.07) is 10.4. The molecular formula is C12H14N2. The summed E-state index contributed by atoms with van der Waals surface area (Å²) in [5, 5.41) is 1.20. The van der Waals surface area contributed by atoms with Crippen LogP contribution in [-0.4, -0.2) is 19.1 Å². The lowest BCUT2D eigenvalue weighted by atomic mass is 10.1. The molecule has 1 aromatic carbocycles. The van der Waals surface area contributed by atoms with Crippen molar-refractivity contribution in [3.63, 3.8) is 0 Å². The highest BCUT2D eigenvalue weighted by molar-refractivity contribution is 5.83. The van der Waals surface area contributed by atoms with Gasteiger partial charge in [0.15, 0.2) is 0 Å². The Morgan fingerprint density at radius 1 is 1.07 bits per heavy atom. The van der Waals surface area contributed by atoms with Gasteiger partial charge in [-0.05, 0) is 24.6 Å². The first kappa shape index (κ1) is 9.00. The maximum atomic E-state index is 4.60. The van der Waals surface area contributed by atoms with E-state index in [4.69, 9.17) is 0 Å². The minimum atomic E-state index is 1.01. The van der Waals surface area contributed by atoms with Gasteiger partial charge in [0.25, 0.3) is 0 Å². The quantitative estimate of drug-likeness (QED) is 0.680. The van der Waals surface area contributed by atoms with Crippen molar-refractivity contribution in [2.45, 2.75) is 6.92 Å². The second-order valence-corrected chi connectivity index (χ2v) is 3.71. The molecular weight excluding hydrogens is 172 g/mol. The van der Waals surface area contributed by atoms with Crippen molar-refractivity contribution < 1.29 is 0 Å². The molecule has 2 nitrogen and oxygen atoms in total. The molecule has 72 valence electrons. The molecule has 2 rings (SSSR count). The molecule has 0 unspecified atom stereocenters. The Balaban J connectivity index is 2.70. The molecule has 0 atom stereocenters. The normalized spacial score (nSPS) is 10.5. The van der Waals surface area contributed by atoms with E-state index < -0.39 is 0 Å². The van der Waals surface area contributed by atoms with E-state index in [2.05, 4.69) is 36.2 Å². The van der Waals surface area contributed by atoms with Gasteiger partial charge in [-0.25, -0.2) is 4.98 Å². The SMILES string of the molecule is Cc1cccc2ccc(N(C)C)nc12.